The molecule has 3 rings (SSSR count). The highest BCUT2D eigenvalue weighted by Crippen LogP contribution is 2.24. The number of aryl methyl sites for hydroxylation is 1. The molecule has 0 atom stereocenters. The third-order valence-electron chi connectivity index (χ3n) is 2.96. The van der Waals surface area contributed by atoms with Gasteiger partial charge in [-0.05, 0) is 24.5 Å². The van der Waals surface area contributed by atoms with Crippen LogP contribution in [0.5, 0.6) is 0 Å². The van der Waals surface area contributed by atoms with Crippen LogP contribution in [0, 0.1) is 0 Å². The van der Waals surface area contributed by atoms with Crippen LogP contribution in [0.25, 0.3) is 11.3 Å². The maximum atomic E-state index is 4.67. The molecule has 2 heteroatoms. The summed E-state index contributed by atoms with van der Waals surface area (Å²) in [7, 11) is 0. The number of pyridine rings is 1. The Morgan fingerprint density at radius 3 is 2.75 bits per heavy atom. The summed E-state index contributed by atoms with van der Waals surface area (Å²) in [6.45, 7) is 1.04. The van der Waals surface area contributed by atoms with Crippen molar-refractivity contribution in [3.8, 4) is 11.3 Å². The Balaban J connectivity index is 2.03. The van der Waals surface area contributed by atoms with E-state index in [4.69, 9.17) is 0 Å². The van der Waals surface area contributed by atoms with Gasteiger partial charge in [-0.1, -0.05) is 36.4 Å². The monoisotopic (exact) mass is 210 g/mol. The van der Waals surface area contributed by atoms with E-state index in [2.05, 4.69) is 34.6 Å². The Labute approximate surface area is 95.3 Å². The molecule has 0 saturated heterocycles. The van der Waals surface area contributed by atoms with Gasteiger partial charge in [0.1, 0.15) is 5.82 Å². The van der Waals surface area contributed by atoms with Gasteiger partial charge in [-0.15, -0.1) is 0 Å². The van der Waals surface area contributed by atoms with Crippen molar-refractivity contribution in [2.45, 2.75) is 12.8 Å². The molecule has 0 bridgehead atoms. The molecule has 16 heavy (non-hydrogen) atoms. The van der Waals surface area contributed by atoms with Crippen molar-refractivity contribution in [2.24, 2.45) is 0 Å². The first kappa shape index (κ1) is 9.40. The van der Waals surface area contributed by atoms with Crippen LogP contribution in [-0.4, -0.2) is 11.5 Å². The molecule has 1 aliphatic heterocycles. The molecule has 0 saturated carbocycles. The van der Waals surface area contributed by atoms with E-state index in [1.807, 2.05) is 18.2 Å². The largest absolute Gasteiger partial charge is 0.370 e. The highest BCUT2D eigenvalue weighted by Gasteiger charge is 2.10. The van der Waals surface area contributed by atoms with Gasteiger partial charge in [0.15, 0.2) is 0 Å². The van der Waals surface area contributed by atoms with Crippen molar-refractivity contribution in [3.05, 3.63) is 48.0 Å². The first-order chi connectivity index (χ1) is 7.93. The van der Waals surface area contributed by atoms with E-state index >= 15 is 0 Å². The SMILES string of the molecule is c1ccc(-c2ccc3c(n2)NCCC3)cc1. The van der Waals surface area contributed by atoms with E-state index in [1.54, 1.807) is 0 Å². The second-order valence-corrected chi connectivity index (χ2v) is 4.10. The van der Waals surface area contributed by atoms with E-state index in [0.717, 1.165) is 24.5 Å². The quantitative estimate of drug-likeness (QED) is 0.782. The summed E-state index contributed by atoms with van der Waals surface area (Å²) in [4.78, 5) is 4.67. The van der Waals surface area contributed by atoms with Crippen molar-refractivity contribution >= 4 is 5.82 Å². The minimum atomic E-state index is 1.04. The smallest absolute Gasteiger partial charge is 0.129 e. The molecule has 0 fully saturated rings. The van der Waals surface area contributed by atoms with Gasteiger partial charge >= 0.3 is 0 Å². The molecule has 2 nitrogen and oxygen atoms in total. The van der Waals surface area contributed by atoms with Crippen molar-refractivity contribution < 1.29 is 0 Å². The molecule has 1 N–H and O–H groups in total. The molecule has 0 amide bonds. The number of fused-ring (bicyclic) bond motifs is 1. The Hall–Kier alpha value is -1.83. The second-order valence-electron chi connectivity index (χ2n) is 4.10. The van der Waals surface area contributed by atoms with Crippen LogP contribution in [0.4, 0.5) is 5.82 Å². The fourth-order valence-corrected chi connectivity index (χ4v) is 2.10. The van der Waals surface area contributed by atoms with Gasteiger partial charge in [0.05, 0.1) is 5.69 Å². The number of hydrogen-bond acceptors (Lipinski definition) is 2. The van der Waals surface area contributed by atoms with E-state index in [-0.39, 0.29) is 0 Å². The number of aromatic nitrogens is 1. The highest BCUT2D eigenvalue weighted by atomic mass is 15.0. The predicted octanol–water partition coefficient (Wildman–Crippen LogP) is 3.11. The van der Waals surface area contributed by atoms with Gasteiger partial charge in [0.2, 0.25) is 0 Å². The summed E-state index contributed by atoms with van der Waals surface area (Å²) >= 11 is 0. The fraction of sp³-hybridized carbons (Fsp3) is 0.214. The first-order valence-corrected chi connectivity index (χ1v) is 5.73. The lowest BCUT2D eigenvalue weighted by Gasteiger charge is -2.17. The van der Waals surface area contributed by atoms with Crippen molar-refractivity contribution in [1.29, 1.82) is 0 Å². The van der Waals surface area contributed by atoms with Gasteiger partial charge in [0.25, 0.3) is 0 Å². The molecular weight excluding hydrogens is 196 g/mol. The van der Waals surface area contributed by atoms with Gasteiger partial charge in [-0.2, -0.15) is 0 Å². The van der Waals surface area contributed by atoms with Crippen molar-refractivity contribution in [3.63, 3.8) is 0 Å². The number of hydrogen-bond donors (Lipinski definition) is 1. The molecule has 0 spiro atoms. The van der Waals surface area contributed by atoms with E-state index < -0.39 is 0 Å². The lowest BCUT2D eigenvalue weighted by Crippen LogP contribution is -2.13. The summed E-state index contributed by atoms with van der Waals surface area (Å²) in [5, 5.41) is 3.36. The van der Waals surface area contributed by atoms with Gasteiger partial charge < -0.3 is 5.32 Å². The molecule has 80 valence electrons. The lowest BCUT2D eigenvalue weighted by atomic mass is 10.1. The predicted molar refractivity (Wildman–Crippen MR) is 66.5 cm³/mol. The third-order valence-corrected chi connectivity index (χ3v) is 2.96. The first-order valence-electron chi connectivity index (χ1n) is 5.73. The third kappa shape index (κ3) is 1.67. The Morgan fingerprint density at radius 1 is 1.00 bits per heavy atom. The lowest BCUT2D eigenvalue weighted by molar-refractivity contribution is 0.818. The molecule has 0 radical (unpaired) electrons. The zero-order valence-electron chi connectivity index (χ0n) is 9.11. The van der Waals surface area contributed by atoms with Crippen LogP contribution >= 0.6 is 0 Å². The van der Waals surface area contributed by atoms with Crippen LogP contribution in [0.3, 0.4) is 0 Å². The molecular formula is C14H14N2. The van der Waals surface area contributed by atoms with E-state index in [1.165, 1.54) is 17.5 Å². The summed E-state index contributed by atoms with van der Waals surface area (Å²) in [5.41, 5.74) is 3.57. The molecule has 0 unspecified atom stereocenters. The normalized spacial score (nSPS) is 14.0. The highest BCUT2D eigenvalue weighted by molar-refractivity contribution is 5.63. The molecule has 2 heterocycles. The van der Waals surface area contributed by atoms with Gasteiger partial charge in [-0.3, -0.25) is 0 Å². The molecule has 1 aliphatic rings. The number of rotatable bonds is 1. The van der Waals surface area contributed by atoms with Crippen LogP contribution in [-0.2, 0) is 6.42 Å². The summed E-state index contributed by atoms with van der Waals surface area (Å²) in [6, 6.07) is 14.6. The molecule has 2 aromatic rings. The van der Waals surface area contributed by atoms with Crippen molar-refractivity contribution in [2.75, 3.05) is 11.9 Å². The zero-order chi connectivity index (χ0) is 10.8. The van der Waals surface area contributed by atoms with Gasteiger partial charge in [0, 0.05) is 12.1 Å². The van der Waals surface area contributed by atoms with Crippen molar-refractivity contribution in [1.82, 2.24) is 4.98 Å². The minimum absolute atomic E-state index is 1.04. The maximum absolute atomic E-state index is 4.67. The fourth-order valence-electron chi connectivity index (χ4n) is 2.10. The topological polar surface area (TPSA) is 24.9 Å². The van der Waals surface area contributed by atoms with Crippen LogP contribution in [0.15, 0.2) is 42.5 Å². The summed E-state index contributed by atoms with van der Waals surface area (Å²) < 4.78 is 0. The van der Waals surface area contributed by atoms with Gasteiger partial charge in [-0.25, -0.2) is 4.98 Å². The average molecular weight is 210 g/mol. The summed E-state index contributed by atoms with van der Waals surface area (Å²) in [5.74, 6) is 1.06. The Bertz CT molecular complexity index is 491. The van der Waals surface area contributed by atoms with Crippen LogP contribution in [0.1, 0.15) is 12.0 Å². The number of nitrogens with one attached hydrogen (secondary N) is 1. The minimum Gasteiger partial charge on any atom is -0.370 e. The average Bonchev–Trinajstić information content (AvgIpc) is 2.39. The Morgan fingerprint density at radius 2 is 1.88 bits per heavy atom. The maximum Gasteiger partial charge on any atom is 0.129 e. The summed E-state index contributed by atoms with van der Waals surface area (Å²) in [6.07, 6.45) is 2.35. The number of anilines is 1. The van der Waals surface area contributed by atoms with Crippen LogP contribution in [0.2, 0.25) is 0 Å². The van der Waals surface area contributed by atoms with E-state index in [9.17, 15) is 0 Å². The molecule has 1 aromatic carbocycles. The number of nitrogens with zero attached hydrogens (tertiary/aromatic N) is 1. The van der Waals surface area contributed by atoms with E-state index in [0.29, 0.717) is 0 Å². The standard InChI is InChI=1S/C14H14N2/c1-2-5-11(6-3-1)13-9-8-12-7-4-10-15-14(12)16-13/h1-3,5-6,8-9H,4,7,10H2,(H,15,16). The molecule has 1 aromatic heterocycles. The zero-order valence-corrected chi connectivity index (χ0v) is 9.11. The van der Waals surface area contributed by atoms with Crippen LogP contribution < -0.4 is 5.32 Å². The second kappa shape index (κ2) is 3.97. The Kier molecular flexibility index (Phi) is 2.33. The molecule has 0 aliphatic carbocycles. The number of benzene rings is 1.